The molecule has 0 saturated carbocycles. The lowest BCUT2D eigenvalue weighted by Gasteiger charge is -2.12. The van der Waals surface area contributed by atoms with E-state index in [1.807, 2.05) is 19.9 Å². The van der Waals surface area contributed by atoms with Gasteiger partial charge in [-0.3, -0.25) is 9.59 Å². The lowest BCUT2D eigenvalue weighted by Crippen LogP contribution is -2.20. The maximum absolute atomic E-state index is 12.0. The van der Waals surface area contributed by atoms with Gasteiger partial charge in [0.15, 0.2) is 12.9 Å². The lowest BCUT2D eigenvalue weighted by molar-refractivity contribution is -0.118. The fourth-order valence-corrected chi connectivity index (χ4v) is 2.24. The molecule has 5 nitrogen and oxygen atoms in total. The summed E-state index contributed by atoms with van der Waals surface area (Å²) in [5, 5.41) is 3.27. The summed E-state index contributed by atoms with van der Waals surface area (Å²) in [5.41, 5.74) is 1.87. The first-order valence-corrected chi connectivity index (χ1v) is 8.32. The molecule has 0 radical (unpaired) electrons. The van der Waals surface area contributed by atoms with E-state index >= 15 is 0 Å². The fourth-order valence-electron chi connectivity index (χ4n) is 2.06. The summed E-state index contributed by atoms with van der Waals surface area (Å²) in [6.45, 7) is 4.21. The third kappa shape index (κ3) is 5.50. The Morgan fingerprint density at radius 2 is 2.00 bits per heavy atom. The van der Waals surface area contributed by atoms with Gasteiger partial charge in [-0.15, -0.1) is 0 Å². The molecule has 0 bridgehead atoms. The number of ether oxygens (including phenoxy) is 2. The van der Waals surface area contributed by atoms with E-state index in [0.29, 0.717) is 40.7 Å². The Bertz CT molecular complexity index is 761. The first-order valence-electron chi connectivity index (χ1n) is 7.94. The van der Waals surface area contributed by atoms with Crippen molar-refractivity contribution in [2.45, 2.75) is 20.3 Å². The van der Waals surface area contributed by atoms with Gasteiger partial charge < -0.3 is 14.8 Å². The minimum atomic E-state index is -0.350. The van der Waals surface area contributed by atoms with Crippen LogP contribution in [0.3, 0.4) is 0 Å². The Hall–Kier alpha value is -2.53. The average Bonchev–Trinajstić information content (AvgIpc) is 2.61. The predicted octanol–water partition coefficient (Wildman–Crippen LogP) is 4.27. The number of aryl methyl sites for hydroxylation is 1. The van der Waals surface area contributed by atoms with Gasteiger partial charge in [0.2, 0.25) is 0 Å². The second-order valence-electron chi connectivity index (χ2n) is 5.47. The van der Waals surface area contributed by atoms with Gasteiger partial charge in [-0.05, 0) is 43.2 Å². The van der Waals surface area contributed by atoms with Crippen molar-refractivity contribution in [2.75, 3.05) is 18.5 Å². The average molecular weight is 362 g/mol. The van der Waals surface area contributed by atoms with E-state index in [2.05, 4.69) is 5.32 Å². The topological polar surface area (TPSA) is 64.6 Å². The van der Waals surface area contributed by atoms with Gasteiger partial charge in [0.05, 0.1) is 12.2 Å². The van der Waals surface area contributed by atoms with E-state index in [4.69, 9.17) is 21.1 Å². The highest BCUT2D eigenvalue weighted by molar-refractivity contribution is 6.31. The maximum Gasteiger partial charge on any atom is 0.262 e. The van der Waals surface area contributed by atoms with Crippen LogP contribution in [0.15, 0.2) is 36.4 Å². The molecule has 0 saturated heterocycles. The van der Waals surface area contributed by atoms with Crippen molar-refractivity contribution in [3.63, 3.8) is 0 Å². The smallest absolute Gasteiger partial charge is 0.262 e. The Labute approximate surface area is 151 Å². The van der Waals surface area contributed by atoms with Gasteiger partial charge in [-0.2, -0.15) is 0 Å². The van der Waals surface area contributed by atoms with Crippen molar-refractivity contribution in [1.82, 2.24) is 0 Å². The summed E-state index contributed by atoms with van der Waals surface area (Å²) in [4.78, 5) is 23.2. The second-order valence-corrected chi connectivity index (χ2v) is 5.87. The van der Waals surface area contributed by atoms with Gasteiger partial charge in [-0.1, -0.05) is 24.6 Å². The molecule has 2 rings (SSSR count). The number of anilines is 1. The molecule has 0 fully saturated rings. The summed E-state index contributed by atoms with van der Waals surface area (Å²) in [7, 11) is 0. The Morgan fingerprint density at radius 1 is 1.20 bits per heavy atom. The van der Waals surface area contributed by atoms with Gasteiger partial charge in [0.25, 0.3) is 5.91 Å². The largest absolute Gasteiger partial charge is 0.493 e. The number of aldehydes is 1. The van der Waals surface area contributed by atoms with E-state index in [9.17, 15) is 9.59 Å². The van der Waals surface area contributed by atoms with Crippen molar-refractivity contribution in [3.05, 3.63) is 52.5 Å². The Kier molecular flexibility index (Phi) is 6.83. The Balaban J connectivity index is 2.00. The molecule has 0 aliphatic heterocycles. The number of carbonyl (C=O) groups is 2. The van der Waals surface area contributed by atoms with Crippen molar-refractivity contribution in [2.24, 2.45) is 0 Å². The molecule has 25 heavy (non-hydrogen) atoms. The van der Waals surface area contributed by atoms with Gasteiger partial charge in [-0.25, -0.2) is 0 Å². The molecule has 0 aliphatic rings. The number of hydrogen-bond donors (Lipinski definition) is 1. The minimum Gasteiger partial charge on any atom is -0.493 e. The number of amides is 1. The maximum atomic E-state index is 12.0. The number of carbonyl (C=O) groups excluding carboxylic acids is 2. The SMILES string of the molecule is CCCOc1ccc(C=O)c(OCC(=O)Nc2ccc(C)c(Cl)c2)c1. The zero-order valence-electron chi connectivity index (χ0n) is 14.2. The van der Waals surface area contributed by atoms with E-state index in [0.717, 1.165) is 12.0 Å². The highest BCUT2D eigenvalue weighted by atomic mass is 35.5. The Morgan fingerprint density at radius 3 is 2.68 bits per heavy atom. The molecule has 0 aliphatic carbocycles. The number of benzene rings is 2. The molecule has 0 spiro atoms. The van der Waals surface area contributed by atoms with E-state index < -0.39 is 0 Å². The van der Waals surface area contributed by atoms with E-state index in [-0.39, 0.29) is 12.5 Å². The predicted molar refractivity (Wildman–Crippen MR) is 97.9 cm³/mol. The van der Waals surface area contributed by atoms with E-state index in [1.54, 1.807) is 30.3 Å². The second kappa shape index (κ2) is 9.08. The minimum absolute atomic E-state index is 0.233. The van der Waals surface area contributed by atoms with Crippen LogP contribution in [0, 0.1) is 6.92 Å². The standard InChI is InChI=1S/C19H20ClNO4/c1-3-8-24-16-7-5-14(11-22)18(10-16)25-12-19(23)21-15-6-4-13(2)17(20)9-15/h4-7,9-11H,3,8,12H2,1-2H3,(H,21,23). The monoisotopic (exact) mass is 361 g/mol. The first-order chi connectivity index (χ1) is 12.0. The first kappa shape index (κ1) is 18.8. The molecule has 0 atom stereocenters. The molecule has 2 aromatic carbocycles. The zero-order valence-corrected chi connectivity index (χ0v) is 14.9. The third-order valence-electron chi connectivity index (χ3n) is 3.40. The van der Waals surface area contributed by atoms with Crippen LogP contribution in [0.2, 0.25) is 5.02 Å². The van der Waals surface area contributed by atoms with Crippen molar-refractivity contribution >= 4 is 29.5 Å². The number of rotatable bonds is 8. The molecular formula is C19H20ClNO4. The van der Waals surface area contributed by atoms with Gasteiger partial charge in [0.1, 0.15) is 11.5 Å². The highest BCUT2D eigenvalue weighted by Crippen LogP contribution is 2.24. The normalized spacial score (nSPS) is 10.2. The summed E-state index contributed by atoms with van der Waals surface area (Å²) in [5.74, 6) is 0.547. The van der Waals surface area contributed by atoms with E-state index in [1.165, 1.54) is 0 Å². The van der Waals surface area contributed by atoms with Gasteiger partial charge in [0, 0.05) is 16.8 Å². The van der Waals surface area contributed by atoms with Crippen molar-refractivity contribution < 1.29 is 19.1 Å². The van der Waals surface area contributed by atoms with Crippen LogP contribution in [-0.2, 0) is 4.79 Å². The number of halogens is 1. The molecule has 2 aromatic rings. The quantitative estimate of drug-likeness (QED) is 0.713. The van der Waals surface area contributed by atoms with Crippen LogP contribution in [0.1, 0.15) is 29.3 Å². The fraction of sp³-hybridized carbons (Fsp3) is 0.263. The van der Waals surface area contributed by atoms with Gasteiger partial charge >= 0.3 is 0 Å². The highest BCUT2D eigenvalue weighted by Gasteiger charge is 2.09. The zero-order chi connectivity index (χ0) is 18.2. The van der Waals surface area contributed by atoms with Crippen LogP contribution in [0.25, 0.3) is 0 Å². The third-order valence-corrected chi connectivity index (χ3v) is 3.81. The molecule has 0 aromatic heterocycles. The summed E-state index contributed by atoms with van der Waals surface area (Å²) >= 11 is 6.03. The van der Waals surface area contributed by atoms with Crippen LogP contribution >= 0.6 is 11.6 Å². The van der Waals surface area contributed by atoms with Crippen LogP contribution in [-0.4, -0.2) is 25.4 Å². The lowest BCUT2D eigenvalue weighted by atomic mass is 10.2. The van der Waals surface area contributed by atoms with Crippen LogP contribution in [0.4, 0.5) is 5.69 Å². The molecule has 1 amide bonds. The molecule has 6 heteroatoms. The molecule has 0 heterocycles. The van der Waals surface area contributed by atoms with Crippen LogP contribution in [0.5, 0.6) is 11.5 Å². The number of nitrogens with one attached hydrogen (secondary N) is 1. The molecule has 1 N–H and O–H groups in total. The van der Waals surface area contributed by atoms with Crippen molar-refractivity contribution in [3.8, 4) is 11.5 Å². The summed E-state index contributed by atoms with van der Waals surface area (Å²) in [6, 6.07) is 10.2. The summed E-state index contributed by atoms with van der Waals surface area (Å²) in [6.07, 6.45) is 1.55. The summed E-state index contributed by atoms with van der Waals surface area (Å²) < 4.78 is 11.0. The molecule has 0 unspecified atom stereocenters. The molecular weight excluding hydrogens is 342 g/mol. The number of hydrogen-bond acceptors (Lipinski definition) is 4. The van der Waals surface area contributed by atoms with Crippen molar-refractivity contribution in [1.29, 1.82) is 0 Å². The van der Waals surface area contributed by atoms with Crippen LogP contribution < -0.4 is 14.8 Å². The molecule has 132 valence electrons.